The van der Waals surface area contributed by atoms with Crippen molar-refractivity contribution in [3.63, 3.8) is 0 Å². The lowest BCUT2D eigenvalue weighted by molar-refractivity contribution is -0.134. The van der Waals surface area contributed by atoms with Gasteiger partial charge in [0.2, 0.25) is 11.4 Å². The number of methoxy groups -OCH3 is 2. The first-order valence-electron chi connectivity index (χ1n) is 3.53. The molecule has 0 fully saturated rings. The zero-order chi connectivity index (χ0) is 10.6. The Bertz CT molecular complexity index is 290. The predicted molar refractivity (Wildman–Crippen MR) is 45.2 cm³/mol. The minimum Gasteiger partial charge on any atom is -0.464 e. The third-order valence-corrected chi connectivity index (χ3v) is 1.37. The second-order valence-electron chi connectivity index (χ2n) is 2.13. The third-order valence-electron chi connectivity index (χ3n) is 1.37. The predicted octanol–water partition coefficient (Wildman–Crippen LogP) is -1.85. The average molecular weight is 200 g/mol. The maximum atomic E-state index is 11.1. The van der Waals surface area contributed by atoms with Crippen LogP contribution in [0.2, 0.25) is 0 Å². The lowest BCUT2D eigenvalue weighted by atomic mass is 10.2. The lowest BCUT2D eigenvalue weighted by Crippen LogP contribution is -2.42. The molecule has 14 heavy (non-hydrogen) atoms. The van der Waals surface area contributed by atoms with Gasteiger partial charge in [-0.15, -0.1) is 10.2 Å². The van der Waals surface area contributed by atoms with E-state index in [9.17, 15) is 9.59 Å². The molecule has 0 bridgehead atoms. The van der Waals surface area contributed by atoms with Gasteiger partial charge in [-0.3, -0.25) is 0 Å². The number of nitrogens with zero attached hydrogens (tertiary/aromatic N) is 2. The molecule has 0 aromatic rings. The summed E-state index contributed by atoms with van der Waals surface area (Å²) in [7, 11) is 2.34. The number of ether oxygens (including phenoxy) is 2. The van der Waals surface area contributed by atoms with E-state index in [1.54, 1.807) is 0 Å². The monoisotopic (exact) mass is 200 g/mol. The van der Waals surface area contributed by atoms with Gasteiger partial charge in [0.25, 0.3) is 0 Å². The molecule has 76 valence electrons. The van der Waals surface area contributed by atoms with Crippen molar-refractivity contribution >= 4 is 23.4 Å². The van der Waals surface area contributed by atoms with Crippen LogP contribution in [0.5, 0.6) is 0 Å². The average Bonchev–Trinajstić information content (AvgIpc) is 2.27. The topological polar surface area (TPSA) is 101 Å². The summed E-state index contributed by atoms with van der Waals surface area (Å²) in [6.45, 7) is 0. The van der Waals surface area contributed by atoms with Gasteiger partial charge in [-0.05, 0) is 0 Å². The number of nitrogens with one attached hydrogen (secondary N) is 2. The van der Waals surface area contributed by atoms with Crippen molar-refractivity contribution in [2.45, 2.75) is 0 Å². The molecule has 0 saturated heterocycles. The molecule has 0 amide bonds. The number of hydrogen-bond donors (Lipinski definition) is 2. The van der Waals surface area contributed by atoms with E-state index >= 15 is 0 Å². The summed E-state index contributed by atoms with van der Waals surface area (Å²) < 4.78 is 8.78. The molecule has 2 N–H and O–H groups in total. The summed E-state index contributed by atoms with van der Waals surface area (Å²) in [5, 5.41) is 7.00. The van der Waals surface area contributed by atoms with Crippen LogP contribution in [0.3, 0.4) is 0 Å². The van der Waals surface area contributed by atoms with Crippen molar-refractivity contribution in [3.05, 3.63) is 0 Å². The van der Waals surface area contributed by atoms with Crippen LogP contribution in [0.15, 0.2) is 10.2 Å². The number of hydrazone groups is 2. The van der Waals surface area contributed by atoms with E-state index in [0.29, 0.717) is 0 Å². The van der Waals surface area contributed by atoms with Gasteiger partial charge in [-0.25, -0.2) is 20.7 Å². The highest BCUT2D eigenvalue weighted by atomic mass is 16.5. The molecule has 1 rings (SSSR count). The molecular weight excluding hydrogens is 192 g/mol. The van der Waals surface area contributed by atoms with Crippen molar-refractivity contribution in [1.82, 2.24) is 11.1 Å². The van der Waals surface area contributed by atoms with E-state index in [4.69, 9.17) is 0 Å². The molecule has 0 atom stereocenters. The summed E-state index contributed by atoms with van der Waals surface area (Å²) in [6, 6.07) is 0. The Labute approximate surface area is 78.9 Å². The quantitative estimate of drug-likeness (QED) is 0.507. The minimum absolute atomic E-state index is 0.238. The Morgan fingerprint density at radius 1 is 1.00 bits per heavy atom. The molecule has 0 aliphatic carbocycles. The molecule has 0 radical (unpaired) electrons. The highest BCUT2D eigenvalue weighted by Gasteiger charge is 2.28. The first-order chi connectivity index (χ1) is 6.70. The van der Waals surface area contributed by atoms with Gasteiger partial charge in [0.1, 0.15) is 0 Å². The van der Waals surface area contributed by atoms with E-state index in [1.165, 1.54) is 14.2 Å². The minimum atomic E-state index is -0.775. The summed E-state index contributed by atoms with van der Waals surface area (Å²) >= 11 is 0. The zero-order valence-electron chi connectivity index (χ0n) is 7.53. The summed E-state index contributed by atoms with van der Waals surface area (Å²) in [5.41, 5.74) is 3.93. The third kappa shape index (κ3) is 1.79. The van der Waals surface area contributed by atoms with Crippen LogP contribution in [0.25, 0.3) is 0 Å². The molecule has 0 unspecified atom stereocenters. The highest BCUT2D eigenvalue weighted by molar-refractivity contribution is 6.79. The largest absolute Gasteiger partial charge is 0.464 e. The smallest absolute Gasteiger partial charge is 0.361 e. The number of hydrogen-bond acceptors (Lipinski definition) is 8. The van der Waals surface area contributed by atoms with Crippen LogP contribution in [-0.2, 0) is 19.1 Å². The van der Waals surface area contributed by atoms with Gasteiger partial charge in [0, 0.05) is 0 Å². The van der Waals surface area contributed by atoms with Crippen LogP contribution < -0.4 is 11.1 Å². The number of rotatable bonds is 2. The molecule has 0 aromatic carbocycles. The standard InChI is InChI=1S/C6H8N4O4/c1-13-5(11)3-4(6(12)14-2)8-10-9-7-3/h9-10H,1-2H3. The van der Waals surface area contributed by atoms with Crippen molar-refractivity contribution in [2.24, 2.45) is 10.2 Å². The van der Waals surface area contributed by atoms with Crippen LogP contribution in [0.1, 0.15) is 0 Å². The first-order valence-corrected chi connectivity index (χ1v) is 3.53. The van der Waals surface area contributed by atoms with Crippen LogP contribution in [0.4, 0.5) is 0 Å². The fourth-order valence-electron chi connectivity index (χ4n) is 0.746. The number of esters is 2. The molecular formula is C6H8N4O4. The van der Waals surface area contributed by atoms with Crippen molar-refractivity contribution in [3.8, 4) is 0 Å². The van der Waals surface area contributed by atoms with Gasteiger partial charge in [-0.2, -0.15) is 0 Å². The Hall–Kier alpha value is -2.12. The second-order valence-corrected chi connectivity index (χ2v) is 2.13. The summed E-state index contributed by atoms with van der Waals surface area (Å²) in [5.74, 6) is -1.55. The maximum Gasteiger partial charge on any atom is 0.361 e. The maximum absolute atomic E-state index is 11.1. The summed E-state index contributed by atoms with van der Waals surface area (Å²) in [6.07, 6.45) is 0. The SMILES string of the molecule is COC(=O)C1=NNNN=C1C(=O)OC. The van der Waals surface area contributed by atoms with Crippen molar-refractivity contribution < 1.29 is 19.1 Å². The van der Waals surface area contributed by atoms with Crippen LogP contribution in [0, 0.1) is 0 Å². The fourth-order valence-corrected chi connectivity index (χ4v) is 0.746. The van der Waals surface area contributed by atoms with Crippen LogP contribution in [-0.4, -0.2) is 37.6 Å². The molecule has 0 spiro atoms. The second kappa shape index (κ2) is 4.21. The van der Waals surface area contributed by atoms with Gasteiger partial charge in [-0.1, -0.05) is 0 Å². The number of hydrazine groups is 1. The molecule has 1 aliphatic rings. The van der Waals surface area contributed by atoms with Crippen molar-refractivity contribution in [2.75, 3.05) is 14.2 Å². The molecule has 0 saturated carbocycles. The Morgan fingerprint density at radius 2 is 1.36 bits per heavy atom. The molecule has 1 aliphatic heterocycles. The molecule has 1 heterocycles. The van der Waals surface area contributed by atoms with E-state index in [2.05, 4.69) is 30.7 Å². The molecule has 8 nitrogen and oxygen atoms in total. The molecule has 0 aromatic heterocycles. The van der Waals surface area contributed by atoms with Gasteiger partial charge in [0.15, 0.2) is 0 Å². The first kappa shape index (κ1) is 9.96. The number of carbonyl (C=O) groups excluding carboxylic acids is 2. The molecule has 8 heteroatoms. The van der Waals surface area contributed by atoms with Gasteiger partial charge in [0.05, 0.1) is 14.2 Å². The van der Waals surface area contributed by atoms with E-state index in [1.807, 2.05) is 0 Å². The van der Waals surface area contributed by atoms with E-state index in [0.717, 1.165) is 0 Å². The van der Waals surface area contributed by atoms with E-state index < -0.39 is 11.9 Å². The van der Waals surface area contributed by atoms with Crippen LogP contribution >= 0.6 is 0 Å². The number of carbonyl (C=O) groups is 2. The van der Waals surface area contributed by atoms with Gasteiger partial charge < -0.3 is 9.47 Å². The van der Waals surface area contributed by atoms with E-state index in [-0.39, 0.29) is 11.4 Å². The zero-order valence-corrected chi connectivity index (χ0v) is 7.53. The van der Waals surface area contributed by atoms with Gasteiger partial charge >= 0.3 is 11.9 Å². The highest BCUT2D eigenvalue weighted by Crippen LogP contribution is 1.94. The Kier molecular flexibility index (Phi) is 3.00. The lowest BCUT2D eigenvalue weighted by Gasteiger charge is -2.11. The Balaban J connectivity index is 2.92. The Morgan fingerprint density at radius 3 is 1.64 bits per heavy atom. The summed E-state index contributed by atoms with van der Waals surface area (Å²) in [4.78, 5) is 22.2. The fraction of sp³-hybridized carbons (Fsp3) is 0.333. The normalized spacial score (nSPS) is 14.1. The van der Waals surface area contributed by atoms with Crippen molar-refractivity contribution in [1.29, 1.82) is 0 Å².